The van der Waals surface area contributed by atoms with Crippen molar-refractivity contribution in [1.29, 1.82) is 0 Å². The smallest absolute Gasteiger partial charge is 0.360 e. The van der Waals surface area contributed by atoms with Gasteiger partial charge in [-0.05, 0) is 13.3 Å². The van der Waals surface area contributed by atoms with E-state index in [1.807, 2.05) is 0 Å². The fourth-order valence-electron chi connectivity index (χ4n) is 1.63. The lowest BCUT2D eigenvalue weighted by Gasteiger charge is -2.17. The molecule has 18 heavy (non-hydrogen) atoms. The molecule has 0 aliphatic carbocycles. The van der Waals surface area contributed by atoms with Crippen molar-refractivity contribution in [1.82, 2.24) is 4.98 Å². The number of carbonyl (C=O) groups is 1. The largest absolute Gasteiger partial charge is 0.461 e. The summed E-state index contributed by atoms with van der Waals surface area (Å²) in [5, 5.41) is 4.05. The number of carbonyl (C=O) groups excluding carboxylic acids is 1. The van der Waals surface area contributed by atoms with Crippen LogP contribution in [0.2, 0.25) is 0 Å². The van der Waals surface area contributed by atoms with Gasteiger partial charge in [0.15, 0.2) is 5.69 Å². The number of nitrogens with one attached hydrogen (secondary N) is 1. The second-order valence-electron chi connectivity index (χ2n) is 3.84. The summed E-state index contributed by atoms with van der Waals surface area (Å²) in [4.78, 5) is 15.7. The zero-order valence-electron chi connectivity index (χ0n) is 11.1. The van der Waals surface area contributed by atoms with Gasteiger partial charge in [0.2, 0.25) is 0 Å². The van der Waals surface area contributed by atoms with Gasteiger partial charge < -0.3 is 14.8 Å². The van der Waals surface area contributed by atoms with Gasteiger partial charge in [0.1, 0.15) is 5.00 Å². The molecule has 1 atom stereocenters. The average Bonchev–Trinajstić information content (AvgIpc) is 2.78. The number of nitrogens with zero attached hydrogens (tertiary/aromatic N) is 1. The molecule has 0 spiro atoms. The highest BCUT2D eigenvalue weighted by molar-refractivity contribution is 7.14. The highest BCUT2D eigenvalue weighted by Crippen LogP contribution is 2.22. The van der Waals surface area contributed by atoms with Crippen LogP contribution in [0.25, 0.3) is 0 Å². The van der Waals surface area contributed by atoms with Crippen molar-refractivity contribution in [3.05, 3.63) is 11.2 Å². The first-order valence-electron chi connectivity index (χ1n) is 6.08. The number of hydrogen-bond donors (Lipinski definition) is 1. The van der Waals surface area contributed by atoms with Crippen molar-refractivity contribution in [3.63, 3.8) is 0 Å². The number of methoxy groups -OCH3 is 1. The standard InChI is InChI=1S/C12H20N2O3S/c1-4-6-9(7-16-3)14-11-10(13-8-18-11)12(15)17-5-2/h8-9,14H,4-7H2,1-3H3. The summed E-state index contributed by atoms with van der Waals surface area (Å²) in [6, 6.07) is 0.189. The Morgan fingerprint density at radius 2 is 2.33 bits per heavy atom. The van der Waals surface area contributed by atoms with Crippen LogP contribution in [0.5, 0.6) is 0 Å². The molecule has 1 rings (SSSR count). The van der Waals surface area contributed by atoms with E-state index in [1.54, 1.807) is 19.5 Å². The van der Waals surface area contributed by atoms with Gasteiger partial charge in [-0.25, -0.2) is 9.78 Å². The summed E-state index contributed by atoms with van der Waals surface area (Å²) in [7, 11) is 1.67. The monoisotopic (exact) mass is 272 g/mol. The first-order valence-corrected chi connectivity index (χ1v) is 6.96. The maximum absolute atomic E-state index is 11.7. The van der Waals surface area contributed by atoms with Crippen LogP contribution in [-0.4, -0.2) is 37.3 Å². The highest BCUT2D eigenvalue weighted by atomic mass is 32.1. The van der Waals surface area contributed by atoms with Gasteiger partial charge in [-0.15, -0.1) is 11.3 Å². The van der Waals surface area contributed by atoms with E-state index in [2.05, 4.69) is 17.2 Å². The summed E-state index contributed by atoms with van der Waals surface area (Å²) in [5.41, 5.74) is 2.00. The molecule has 1 N–H and O–H groups in total. The molecule has 1 aromatic rings. The third-order valence-electron chi connectivity index (χ3n) is 2.38. The van der Waals surface area contributed by atoms with E-state index >= 15 is 0 Å². The molecule has 102 valence electrons. The van der Waals surface area contributed by atoms with Crippen LogP contribution in [-0.2, 0) is 9.47 Å². The third kappa shape index (κ3) is 4.27. The van der Waals surface area contributed by atoms with Gasteiger partial charge in [0.25, 0.3) is 0 Å². The number of esters is 1. The summed E-state index contributed by atoms with van der Waals surface area (Å²) in [6.07, 6.45) is 2.03. The Hall–Kier alpha value is -1.14. The fourth-order valence-corrected chi connectivity index (χ4v) is 2.37. The number of anilines is 1. The molecule has 6 heteroatoms. The molecule has 5 nitrogen and oxygen atoms in total. The van der Waals surface area contributed by atoms with Crippen molar-refractivity contribution < 1.29 is 14.3 Å². The Morgan fingerprint density at radius 1 is 1.56 bits per heavy atom. The van der Waals surface area contributed by atoms with Crippen LogP contribution in [0.4, 0.5) is 5.00 Å². The molecule has 0 aliphatic rings. The van der Waals surface area contributed by atoms with Gasteiger partial charge in [0, 0.05) is 7.11 Å². The molecule has 0 aliphatic heterocycles. The van der Waals surface area contributed by atoms with Gasteiger partial charge >= 0.3 is 5.97 Å². The molecule has 0 saturated carbocycles. The Morgan fingerprint density at radius 3 is 2.94 bits per heavy atom. The Labute approximate surface area is 112 Å². The summed E-state index contributed by atoms with van der Waals surface area (Å²) in [5.74, 6) is -0.381. The number of aromatic nitrogens is 1. The van der Waals surface area contributed by atoms with Crippen molar-refractivity contribution in [3.8, 4) is 0 Å². The second kappa shape index (κ2) is 8.05. The zero-order chi connectivity index (χ0) is 13.4. The predicted molar refractivity (Wildman–Crippen MR) is 72.3 cm³/mol. The Balaban J connectivity index is 2.70. The average molecular weight is 272 g/mol. The molecule has 0 saturated heterocycles. The molecular weight excluding hydrogens is 252 g/mol. The number of rotatable bonds is 8. The SMILES string of the molecule is CCCC(COC)Nc1scnc1C(=O)OCC. The maximum Gasteiger partial charge on any atom is 0.360 e. The van der Waals surface area contributed by atoms with Crippen LogP contribution >= 0.6 is 11.3 Å². The van der Waals surface area contributed by atoms with Crippen molar-refractivity contribution in [2.24, 2.45) is 0 Å². The summed E-state index contributed by atoms with van der Waals surface area (Å²) >= 11 is 1.41. The molecule has 1 heterocycles. The van der Waals surface area contributed by atoms with Crippen LogP contribution in [0, 0.1) is 0 Å². The molecule has 0 bridgehead atoms. The zero-order valence-corrected chi connectivity index (χ0v) is 11.9. The molecule has 1 unspecified atom stereocenters. The minimum atomic E-state index is -0.381. The third-order valence-corrected chi connectivity index (χ3v) is 3.13. The molecule has 0 fully saturated rings. The number of thiazole rings is 1. The van der Waals surface area contributed by atoms with Gasteiger partial charge in [-0.1, -0.05) is 13.3 Å². The van der Waals surface area contributed by atoms with Gasteiger partial charge in [-0.2, -0.15) is 0 Å². The van der Waals surface area contributed by atoms with Crippen LogP contribution in [0.1, 0.15) is 37.2 Å². The highest BCUT2D eigenvalue weighted by Gasteiger charge is 2.18. The lowest BCUT2D eigenvalue weighted by atomic mass is 10.2. The Bertz CT molecular complexity index is 362. The number of ether oxygens (including phenoxy) is 2. The van der Waals surface area contributed by atoms with Gasteiger partial charge in [-0.3, -0.25) is 0 Å². The van der Waals surface area contributed by atoms with Crippen molar-refractivity contribution >= 4 is 22.3 Å². The minimum absolute atomic E-state index is 0.189. The topological polar surface area (TPSA) is 60.5 Å². The Kier molecular flexibility index (Phi) is 6.67. The summed E-state index contributed by atoms with van der Waals surface area (Å²) < 4.78 is 10.1. The predicted octanol–water partition coefficient (Wildman–Crippen LogP) is 2.55. The van der Waals surface area contributed by atoms with Crippen LogP contribution < -0.4 is 5.32 Å². The first kappa shape index (κ1) is 14.9. The lowest BCUT2D eigenvalue weighted by Crippen LogP contribution is -2.25. The van der Waals surface area contributed by atoms with E-state index in [-0.39, 0.29) is 12.0 Å². The molecule has 0 amide bonds. The minimum Gasteiger partial charge on any atom is -0.461 e. The summed E-state index contributed by atoms with van der Waals surface area (Å²) in [6.45, 7) is 4.85. The van der Waals surface area contributed by atoms with E-state index in [0.717, 1.165) is 17.8 Å². The maximum atomic E-state index is 11.7. The van der Waals surface area contributed by atoms with Crippen molar-refractivity contribution in [2.75, 3.05) is 25.6 Å². The van der Waals surface area contributed by atoms with E-state index in [4.69, 9.17) is 9.47 Å². The number of hydrogen-bond acceptors (Lipinski definition) is 6. The molecule has 1 aromatic heterocycles. The van der Waals surface area contributed by atoms with E-state index in [1.165, 1.54) is 11.3 Å². The van der Waals surface area contributed by atoms with Crippen molar-refractivity contribution in [2.45, 2.75) is 32.7 Å². The van der Waals surface area contributed by atoms with Crippen LogP contribution in [0.15, 0.2) is 5.51 Å². The molecule has 0 radical (unpaired) electrons. The van der Waals surface area contributed by atoms with Gasteiger partial charge in [0.05, 0.1) is 24.8 Å². The van der Waals surface area contributed by atoms with E-state index < -0.39 is 0 Å². The van der Waals surface area contributed by atoms with E-state index in [9.17, 15) is 4.79 Å². The normalized spacial score (nSPS) is 12.2. The first-order chi connectivity index (χ1) is 8.72. The van der Waals surface area contributed by atoms with E-state index in [0.29, 0.717) is 18.9 Å². The molecule has 0 aromatic carbocycles. The lowest BCUT2D eigenvalue weighted by molar-refractivity contribution is 0.0521. The van der Waals surface area contributed by atoms with Crippen LogP contribution in [0.3, 0.4) is 0 Å². The fraction of sp³-hybridized carbons (Fsp3) is 0.667. The second-order valence-corrected chi connectivity index (χ2v) is 4.69. The molecular formula is C12H20N2O3S. The quantitative estimate of drug-likeness (QED) is 0.737.